The maximum Gasteiger partial charge on any atom is 0.131 e. The van der Waals surface area contributed by atoms with E-state index in [1.54, 1.807) is 10.9 Å². The fourth-order valence-electron chi connectivity index (χ4n) is 1.72. The van der Waals surface area contributed by atoms with Gasteiger partial charge in [0.05, 0.1) is 18.6 Å². The minimum atomic E-state index is -0.559. The highest BCUT2D eigenvalue weighted by molar-refractivity contribution is 5.19. The van der Waals surface area contributed by atoms with Crippen LogP contribution in [0.25, 0.3) is 0 Å². The highest BCUT2D eigenvalue weighted by Gasteiger charge is 2.05. The van der Waals surface area contributed by atoms with Gasteiger partial charge in [-0.3, -0.25) is 0 Å². The summed E-state index contributed by atoms with van der Waals surface area (Å²) in [6, 6.07) is 3.61. The molecule has 0 aliphatic rings. The zero-order valence-electron chi connectivity index (χ0n) is 10.2. The summed E-state index contributed by atoms with van der Waals surface area (Å²) in [5.41, 5.74) is 1.40. The molecule has 0 fully saturated rings. The number of aromatic nitrogens is 2. The van der Waals surface area contributed by atoms with Crippen LogP contribution in [0.15, 0.2) is 30.7 Å². The van der Waals surface area contributed by atoms with Crippen molar-refractivity contribution >= 4 is 0 Å². The molecule has 1 N–H and O–H groups in total. The molecule has 0 radical (unpaired) electrons. The van der Waals surface area contributed by atoms with Crippen LogP contribution in [0.2, 0.25) is 0 Å². The quantitative estimate of drug-likeness (QED) is 0.880. The van der Waals surface area contributed by atoms with Crippen LogP contribution in [0.4, 0.5) is 8.78 Å². The average Bonchev–Trinajstić information content (AvgIpc) is 2.78. The molecule has 0 unspecified atom stereocenters. The van der Waals surface area contributed by atoms with Crippen LogP contribution < -0.4 is 5.32 Å². The van der Waals surface area contributed by atoms with Crippen LogP contribution in [0.3, 0.4) is 0 Å². The summed E-state index contributed by atoms with van der Waals surface area (Å²) in [6.07, 6.45) is 4.36. The zero-order chi connectivity index (χ0) is 13.0. The van der Waals surface area contributed by atoms with Gasteiger partial charge in [0.15, 0.2) is 0 Å². The Labute approximate surface area is 104 Å². The second-order valence-corrected chi connectivity index (χ2v) is 4.13. The lowest BCUT2D eigenvalue weighted by Gasteiger charge is -2.04. The fourth-order valence-corrected chi connectivity index (χ4v) is 1.72. The Morgan fingerprint density at radius 1 is 1.33 bits per heavy atom. The predicted molar refractivity (Wildman–Crippen MR) is 65.3 cm³/mol. The van der Waals surface area contributed by atoms with E-state index in [9.17, 15) is 8.78 Å². The molecule has 5 heteroatoms. The van der Waals surface area contributed by atoms with E-state index in [0.29, 0.717) is 12.1 Å². The van der Waals surface area contributed by atoms with Crippen molar-refractivity contribution in [3.05, 3.63) is 53.6 Å². The van der Waals surface area contributed by atoms with Crippen LogP contribution in [0, 0.1) is 11.6 Å². The summed E-state index contributed by atoms with van der Waals surface area (Å²) in [4.78, 5) is 4.22. The Morgan fingerprint density at radius 2 is 2.17 bits per heavy atom. The van der Waals surface area contributed by atoms with Gasteiger partial charge in [-0.15, -0.1) is 0 Å². The SMILES string of the molecule is CNCCc1cn(Cc2ccc(F)cc2F)cn1. The molecule has 2 aromatic rings. The smallest absolute Gasteiger partial charge is 0.131 e. The maximum atomic E-state index is 13.5. The molecule has 0 atom stereocenters. The van der Waals surface area contributed by atoms with Crippen molar-refractivity contribution in [3.8, 4) is 0 Å². The highest BCUT2D eigenvalue weighted by Crippen LogP contribution is 2.11. The molecule has 0 aliphatic heterocycles. The van der Waals surface area contributed by atoms with Crippen molar-refractivity contribution in [1.29, 1.82) is 0 Å². The minimum absolute atomic E-state index is 0.360. The van der Waals surface area contributed by atoms with Crippen LogP contribution in [-0.2, 0) is 13.0 Å². The molecule has 0 spiro atoms. The monoisotopic (exact) mass is 251 g/mol. The van der Waals surface area contributed by atoms with Crippen LogP contribution >= 0.6 is 0 Å². The van der Waals surface area contributed by atoms with Gasteiger partial charge < -0.3 is 9.88 Å². The third-order valence-electron chi connectivity index (χ3n) is 2.69. The molecule has 0 saturated heterocycles. The van der Waals surface area contributed by atoms with Gasteiger partial charge in [0.25, 0.3) is 0 Å². The maximum absolute atomic E-state index is 13.5. The minimum Gasteiger partial charge on any atom is -0.333 e. The molecular formula is C13H15F2N3. The van der Waals surface area contributed by atoms with Gasteiger partial charge in [0, 0.05) is 30.8 Å². The van der Waals surface area contributed by atoms with E-state index < -0.39 is 11.6 Å². The molecule has 1 heterocycles. The second kappa shape index (κ2) is 5.73. The normalized spacial score (nSPS) is 10.8. The largest absolute Gasteiger partial charge is 0.333 e. The molecule has 3 nitrogen and oxygen atoms in total. The number of hydrogen-bond acceptors (Lipinski definition) is 2. The molecule has 0 bridgehead atoms. The number of imidazole rings is 1. The summed E-state index contributed by atoms with van der Waals surface area (Å²) >= 11 is 0. The topological polar surface area (TPSA) is 29.9 Å². The van der Waals surface area contributed by atoms with Gasteiger partial charge in [-0.05, 0) is 13.1 Å². The van der Waals surface area contributed by atoms with E-state index in [4.69, 9.17) is 0 Å². The number of nitrogens with one attached hydrogen (secondary N) is 1. The van der Waals surface area contributed by atoms with E-state index in [1.165, 1.54) is 12.1 Å². The van der Waals surface area contributed by atoms with Crippen molar-refractivity contribution in [2.75, 3.05) is 13.6 Å². The lowest BCUT2D eigenvalue weighted by atomic mass is 10.2. The van der Waals surface area contributed by atoms with E-state index >= 15 is 0 Å². The Kier molecular flexibility index (Phi) is 4.04. The number of benzene rings is 1. The third-order valence-corrected chi connectivity index (χ3v) is 2.69. The first kappa shape index (κ1) is 12.7. The van der Waals surface area contributed by atoms with E-state index in [2.05, 4.69) is 10.3 Å². The number of likely N-dealkylation sites (N-methyl/N-ethyl adjacent to an activating group) is 1. The number of nitrogens with zero attached hydrogens (tertiary/aromatic N) is 2. The van der Waals surface area contributed by atoms with Crippen molar-refractivity contribution in [2.24, 2.45) is 0 Å². The number of rotatable bonds is 5. The average molecular weight is 251 g/mol. The molecular weight excluding hydrogens is 236 g/mol. The zero-order valence-corrected chi connectivity index (χ0v) is 10.2. The second-order valence-electron chi connectivity index (χ2n) is 4.13. The highest BCUT2D eigenvalue weighted by atomic mass is 19.1. The molecule has 18 heavy (non-hydrogen) atoms. The lowest BCUT2D eigenvalue weighted by Crippen LogP contribution is -2.10. The summed E-state index contributed by atoms with van der Waals surface area (Å²) < 4.78 is 28.0. The van der Waals surface area contributed by atoms with Crippen molar-refractivity contribution in [3.63, 3.8) is 0 Å². The van der Waals surface area contributed by atoms with Crippen molar-refractivity contribution in [2.45, 2.75) is 13.0 Å². The van der Waals surface area contributed by atoms with Crippen molar-refractivity contribution in [1.82, 2.24) is 14.9 Å². The Balaban J connectivity index is 2.06. The van der Waals surface area contributed by atoms with Gasteiger partial charge in [-0.1, -0.05) is 6.07 Å². The first-order valence-electron chi connectivity index (χ1n) is 5.78. The van der Waals surface area contributed by atoms with Crippen LogP contribution in [0.1, 0.15) is 11.3 Å². The predicted octanol–water partition coefficient (Wildman–Crippen LogP) is 1.97. The molecule has 1 aromatic heterocycles. The first-order chi connectivity index (χ1) is 8.69. The summed E-state index contributed by atoms with van der Waals surface area (Å²) in [7, 11) is 1.88. The van der Waals surface area contributed by atoms with E-state index in [0.717, 1.165) is 24.7 Å². The molecule has 0 saturated carbocycles. The summed E-state index contributed by atoms with van der Waals surface area (Å²) in [5, 5.41) is 3.04. The summed E-state index contributed by atoms with van der Waals surface area (Å²) in [6.45, 7) is 1.21. The van der Waals surface area contributed by atoms with Gasteiger partial charge in [-0.25, -0.2) is 13.8 Å². The summed E-state index contributed by atoms with van der Waals surface area (Å²) in [5.74, 6) is -1.09. The molecule has 1 aromatic carbocycles. The van der Waals surface area contributed by atoms with Crippen LogP contribution in [-0.4, -0.2) is 23.1 Å². The van der Waals surface area contributed by atoms with Gasteiger partial charge in [-0.2, -0.15) is 0 Å². The van der Waals surface area contributed by atoms with Gasteiger partial charge >= 0.3 is 0 Å². The van der Waals surface area contributed by atoms with Gasteiger partial charge in [0.1, 0.15) is 11.6 Å². The Bertz CT molecular complexity index is 523. The number of hydrogen-bond donors (Lipinski definition) is 1. The van der Waals surface area contributed by atoms with Crippen LogP contribution in [0.5, 0.6) is 0 Å². The fraction of sp³-hybridized carbons (Fsp3) is 0.308. The number of halogens is 2. The molecule has 0 amide bonds. The van der Waals surface area contributed by atoms with Crippen molar-refractivity contribution < 1.29 is 8.78 Å². The Hall–Kier alpha value is -1.75. The standard InChI is InChI=1S/C13H15F2N3/c1-16-5-4-12-8-18(9-17-12)7-10-2-3-11(14)6-13(10)15/h2-3,6,8-9,16H,4-5,7H2,1H3. The van der Waals surface area contributed by atoms with E-state index in [-0.39, 0.29) is 0 Å². The Morgan fingerprint density at radius 3 is 2.89 bits per heavy atom. The lowest BCUT2D eigenvalue weighted by molar-refractivity contribution is 0.566. The molecule has 2 rings (SSSR count). The van der Waals surface area contributed by atoms with Gasteiger partial charge in [0.2, 0.25) is 0 Å². The molecule has 0 aliphatic carbocycles. The molecule has 96 valence electrons. The third kappa shape index (κ3) is 3.13. The van der Waals surface area contributed by atoms with E-state index in [1.807, 2.05) is 13.2 Å². The first-order valence-corrected chi connectivity index (χ1v) is 5.78.